The summed E-state index contributed by atoms with van der Waals surface area (Å²) in [6.07, 6.45) is 1.89. The number of benzene rings is 1. The summed E-state index contributed by atoms with van der Waals surface area (Å²) in [7, 11) is -3.41. The molecule has 0 aliphatic carbocycles. The van der Waals surface area contributed by atoms with Crippen LogP contribution in [0.2, 0.25) is 0 Å². The van der Waals surface area contributed by atoms with E-state index in [1.54, 1.807) is 12.1 Å². The molecule has 0 radical (unpaired) electrons. The van der Waals surface area contributed by atoms with Crippen LogP contribution >= 0.6 is 0 Å². The highest BCUT2D eigenvalue weighted by Crippen LogP contribution is 2.19. The van der Waals surface area contributed by atoms with Crippen LogP contribution in [0.1, 0.15) is 18.1 Å². The molecule has 0 amide bonds. The smallest absolute Gasteiger partial charge is 0.176 e. The van der Waals surface area contributed by atoms with Gasteiger partial charge < -0.3 is 4.79 Å². The molecule has 0 aliphatic heterocycles. The van der Waals surface area contributed by atoms with Gasteiger partial charge in [-0.05, 0) is 24.5 Å². The van der Waals surface area contributed by atoms with Crippen LogP contribution in [0.3, 0.4) is 0 Å². The van der Waals surface area contributed by atoms with Gasteiger partial charge in [0.25, 0.3) is 0 Å². The molecule has 0 fully saturated rings. The van der Waals surface area contributed by atoms with Crippen molar-refractivity contribution >= 4 is 21.8 Å². The lowest BCUT2D eigenvalue weighted by atomic mass is 10.1. The minimum absolute atomic E-state index is 0.0931. The summed E-state index contributed by atoms with van der Waals surface area (Å²) in [6, 6.07) is 4.69. The first kappa shape index (κ1) is 14.1. The molecule has 0 bridgehead atoms. The van der Waals surface area contributed by atoms with Crippen molar-refractivity contribution < 1.29 is 13.2 Å². The number of nitrogens with one attached hydrogen (secondary N) is 1. The van der Waals surface area contributed by atoms with Crippen LogP contribution < -0.4 is 0 Å². The zero-order chi connectivity index (χ0) is 13.8. The van der Waals surface area contributed by atoms with Crippen molar-refractivity contribution in [3.63, 3.8) is 0 Å². The summed E-state index contributed by atoms with van der Waals surface area (Å²) in [5, 5.41) is 7.25. The maximum Gasteiger partial charge on any atom is 0.176 e. The Morgan fingerprint density at radius 3 is 2.61 bits per heavy atom. The molecule has 1 aromatic rings. The Bertz CT molecular complexity index is 649. The average molecular weight is 263 g/mol. The van der Waals surface area contributed by atoms with Crippen molar-refractivity contribution in [2.75, 3.05) is 6.26 Å². The molecule has 0 atom stereocenters. The maximum atomic E-state index is 11.6. The summed E-state index contributed by atoms with van der Waals surface area (Å²) in [6.45, 7) is 1.51. The van der Waals surface area contributed by atoms with E-state index in [0.717, 1.165) is 6.26 Å². The quantitative estimate of drug-likeness (QED) is 0.506. The number of sulfone groups is 1. The molecule has 1 aromatic carbocycles. The fraction of sp³-hybridized carbons (Fsp3) is 0.231. The Kier molecular flexibility index (Phi) is 4.40. The van der Waals surface area contributed by atoms with E-state index in [9.17, 15) is 13.2 Å². The number of hydrogen-bond donors (Lipinski definition) is 1. The first-order chi connectivity index (χ1) is 8.36. The van der Waals surface area contributed by atoms with Crippen LogP contribution in [-0.4, -0.2) is 26.7 Å². The van der Waals surface area contributed by atoms with Gasteiger partial charge in [0.15, 0.2) is 9.84 Å². The second-order valence-corrected chi connectivity index (χ2v) is 5.79. The molecule has 1 rings (SSSR count). The molecule has 18 heavy (non-hydrogen) atoms. The number of carbonyl (C=O) groups is 1. The minimum Gasteiger partial charge on any atom is -0.303 e. The first-order valence-corrected chi connectivity index (χ1v) is 7.08. The van der Waals surface area contributed by atoms with Gasteiger partial charge in [0.1, 0.15) is 6.29 Å². The summed E-state index contributed by atoms with van der Waals surface area (Å²) >= 11 is 0. The third-order valence-electron chi connectivity index (χ3n) is 2.19. The molecule has 0 heterocycles. The zero-order valence-electron chi connectivity index (χ0n) is 10.1. The van der Waals surface area contributed by atoms with Crippen molar-refractivity contribution in [2.45, 2.75) is 18.2 Å². The van der Waals surface area contributed by atoms with Crippen molar-refractivity contribution in [3.05, 3.63) is 29.3 Å². The van der Waals surface area contributed by atoms with Gasteiger partial charge in [-0.1, -0.05) is 18.1 Å². The Balaban J connectivity index is 3.55. The topological polar surface area (TPSA) is 75.1 Å². The molecular formula is C13H13NO3S. The lowest BCUT2D eigenvalue weighted by Gasteiger charge is -2.06. The lowest BCUT2D eigenvalue weighted by Crippen LogP contribution is -2.04. The highest BCUT2D eigenvalue weighted by molar-refractivity contribution is 7.90. The molecule has 0 spiro atoms. The summed E-state index contributed by atoms with van der Waals surface area (Å²) in [4.78, 5) is 10.7. The highest BCUT2D eigenvalue weighted by atomic mass is 32.2. The molecule has 0 saturated heterocycles. The van der Waals surface area contributed by atoms with Crippen molar-refractivity contribution in [1.82, 2.24) is 0 Å². The Labute approximate surface area is 106 Å². The normalized spacial score (nSPS) is 10.3. The van der Waals surface area contributed by atoms with E-state index >= 15 is 0 Å². The van der Waals surface area contributed by atoms with Gasteiger partial charge in [0.05, 0.1) is 10.6 Å². The van der Waals surface area contributed by atoms with Crippen LogP contribution in [0.4, 0.5) is 0 Å². The number of rotatable bonds is 3. The van der Waals surface area contributed by atoms with E-state index < -0.39 is 9.84 Å². The molecule has 4 nitrogen and oxygen atoms in total. The average Bonchev–Trinajstić information content (AvgIpc) is 2.26. The monoisotopic (exact) mass is 263 g/mol. The zero-order valence-corrected chi connectivity index (χ0v) is 11.0. The number of aldehydes is 1. The molecular weight excluding hydrogens is 250 g/mol. The molecule has 0 aromatic heterocycles. The van der Waals surface area contributed by atoms with Gasteiger partial charge in [0.2, 0.25) is 0 Å². The number of carbonyl (C=O) groups excluding carboxylic acids is 1. The SMILES string of the molecule is CC(=N)C#Cc1c(CC=O)cccc1S(C)(=O)=O. The van der Waals surface area contributed by atoms with E-state index in [1.807, 2.05) is 0 Å². The molecule has 0 saturated carbocycles. The van der Waals surface area contributed by atoms with E-state index in [4.69, 9.17) is 5.41 Å². The van der Waals surface area contributed by atoms with Gasteiger partial charge in [-0.3, -0.25) is 5.41 Å². The molecule has 94 valence electrons. The number of hydrogen-bond acceptors (Lipinski definition) is 4. The Morgan fingerprint density at radius 1 is 1.44 bits per heavy atom. The van der Waals surface area contributed by atoms with E-state index in [-0.39, 0.29) is 17.0 Å². The van der Waals surface area contributed by atoms with Crippen molar-refractivity contribution in [2.24, 2.45) is 0 Å². The molecule has 0 unspecified atom stereocenters. The minimum atomic E-state index is -3.41. The third kappa shape index (κ3) is 3.54. The largest absolute Gasteiger partial charge is 0.303 e. The standard InChI is InChI=1S/C13H13NO3S/c1-10(14)6-7-12-11(8-9-15)4-3-5-13(12)18(2,16)17/h3-5,9,14H,8H2,1-2H3. The predicted octanol–water partition coefficient (Wildman–Crippen LogP) is 1.22. The van der Waals surface area contributed by atoms with E-state index in [0.29, 0.717) is 17.4 Å². The summed E-state index contributed by atoms with van der Waals surface area (Å²) in [5.41, 5.74) is 0.996. The van der Waals surface area contributed by atoms with Crippen LogP contribution in [0.5, 0.6) is 0 Å². The fourth-order valence-corrected chi connectivity index (χ4v) is 2.32. The second kappa shape index (κ2) is 5.61. The first-order valence-electron chi connectivity index (χ1n) is 5.19. The van der Waals surface area contributed by atoms with E-state index in [2.05, 4.69) is 11.8 Å². The van der Waals surface area contributed by atoms with Crippen LogP contribution in [0.15, 0.2) is 23.1 Å². The highest BCUT2D eigenvalue weighted by Gasteiger charge is 2.14. The van der Waals surface area contributed by atoms with Gasteiger partial charge in [-0.25, -0.2) is 8.42 Å². The Morgan fingerprint density at radius 2 is 2.11 bits per heavy atom. The van der Waals surface area contributed by atoms with Crippen molar-refractivity contribution in [3.8, 4) is 11.8 Å². The van der Waals surface area contributed by atoms with Gasteiger partial charge in [-0.2, -0.15) is 0 Å². The lowest BCUT2D eigenvalue weighted by molar-refractivity contribution is -0.107. The molecule has 5 heteroatoms. The summed E-state index contributed by atoms with van der Waals surface area (Å²) in [5.74, 6) is 5.19. The summed E-state index contributed by atoms with van der Waals surface area (Å²) < 4.78 is 23.3. The van der Waals surface area contributed by atoms with Gasteiger partial charge >= 0.3 is 0 Å². The van der Waals surface area contributed by atoms with Gasteiger partial charge in [0, 0.05) is 18.2 Å². The fourth-order valence-electron chi connectivity index (χ4n) is 1.44. The maximum absolute atomic E-state index is 11.6. The third-order valence-corrected chi connectivity index (χ3v) is 3.33. The predicted molar refractivity (Wildman–Crippen MR) is 69.6 cm³/mol. The van der Waals surface area contributed by atoms with Crippen LogP contribution in [0.25, 0.3) is 0 Å². The van der Waals surface area contributed by atoms with Crippen LogP contribution in [0, 0.1) is 17.3 Å². The molecule has 0 aliphatic rings. The Hall–Kier alpha value is -1.93. The van der Waals surface area contributed by atoms with E-state index in [1.165, 1.54) is 13.0 Å². The molecule has 1 N–H and O–H groups in total. The second-order valence-electron chi connectivity index (χ2n) is 3.81. The van der Waals surface area contributed by atoms with Crippen molar-refractivity contribution in [1.29, 1.82) is 5.41 Å². The van der Waals surface area contributed by atoms with Gasteiger partial charge in [-0.15, -0.1) is 0 Å². The van der Waals surface area contributed by atoms with Crippen LogP contribution in [-0.2, 0) is 21.1 Å².